The van der Waals surface area contributed by atoms with Crippen LogP contribution in [0.25, 0.3) is 5.65 Å². The number of rotatable bonds is 4. The van der Waals surface area contributed by atoms with Gasteiger partial charge in [0.1, 0.15) is 11.4 Å². The maximum atomic E-state index is 13.5. The Balaban J connectivity index is 0.000000491. The van der Waals surface area contributed by atoms with Gasteiger partial charge in [0.15, 0.2) is 11.3 Å². The van der Waals surface area contributed by atoms with E-state index >= 15 is 0 Å². The molecule has 3 aliphatic rings. The predicted molar refractivity (Wildman–Crippen MR) is 163 cm³/mol. The second-order valence-corrected chi connectivity index (χ2v) is 11.7. The van der Waals surface area contributed by atoms with E-state index in [4.69, 9.17) is 4.74 Å². The van der Waals surface area contributed by atoms with Crippen molar-refractivity contribution in [3.05, 3.63) is 83.9 Å². The fourth-order valence-corrected chi connectivity index (χ4v) is 6.11. The van der Waals surface area contributed by atoms with Gasteiger partial charge in [-0.2, -0.15) is 0 Å². The zero-order chi connectivity index (χ0) is 30.0. The van der Waals surface area contributed by atoms with Crippen LogP contribution in [0, 0.1) is 12.8 Å². The molecule has 0 radical (unpaired) electrons. The van der Waals surface area contributed by atoms with Crippen molar-refractivity contribution in [2.45, 2.75) is 32.3 Å². The fourth-order valence-electron chi connectivity index (χ4n) is 6.11. The minimum absolute atomic E-state index is 0.00966. The number of carboxylic acids is 1. The van der Waals surface area contributed by atoms with Gasteiger partial charge in [-0.3, -0.25) is 4.79 Å². The van der Waals surface area contributed by atoms with Crippen LogP contribution in [0.15, 0.2) is 66.9 Å². The Bertz CT molecular complexity index is 1580. The van der Waals surface area contributed by atoms with Gasteiger partial charge in [0.05, 0.1) is 31.6 Å². The molecule has 1 amide bonds. The van der Waals surface area contributed by atoms with Crippen molar-refractivity contribution < 1.29 is 19.4 Å². The van der Waals surface area contributed by atoms with Crippen molar-refractivity contribution in [3.63, 3.8) is 0 Å². The summed E-state index contributed by atoms with van der Waals surface area (Å²) < 4.78 is 7.93. The highest BCUT2D eigenvalue weighted by Crippen LogP contribution is 2.32. The van der Waals surface area contributed by atoms with E-state index in [-0.39, 0.29) is 17.4 Å². The molecule has 1 spiro atoms. The van der Waals surface area contributed by atoms with Crippen molar-refractivity contribution in [1.82, 2.24) is 24.5 Å². The van der Waals surface area contributed by atoms with Crippen molar-refractivity contribution in [1.29, 1.82) is 0 Å². The molecule has 7 rings (SSSR count). The highest BCUT2D eigenvalue weighted by Gasteiger charge is 2.45. The van der Waals surface area contributed by atoms with Crippen LogP contribution in [0.1, 0.15) is 46.4 Å². The minimum Gasteiger partial charge on any atom is -0.477 e. The number of morpholine rings is 1. The number of aryl methyl sites for hydroxylation is 1. The van der Waals surface area contributed by atoms with Gasteiger partial charge in [0, 0.05) is 26.2 Å². The molecule has 0 aliphatic carbocycles. The summed E-state index contributed by atoms with van der Waals surface area (Å²) in [5.74, 6) is 0.202. The molecule has 3 fully saturated rings. The Labute approximate surface area is 250 Å². The molecule has 2 atom stereocenters. The zero-order valence-electron chi connectivity index (χ0n) is 24.6. The van der Waals surface area contributed by atoms with Crippen molar-refractivity contribution in [3.8, 4) is 0 Å². The number of ether oxygens (including phenoxy) is 1. The van der Waals surface area contributed by atoms with Gasteiger partial charge >= 0.3 is 5.97 Å². The van der Waals surface area contributed by atoms with Gasteiger partial charge in [-0.25, -0.2) is 19.3 Å². The summed E-state index contributed by atoms with van der Waals surface area (Å²) in [6.45, 7) is 8.83. The number of pyridine rings is 2. The first kappa shape index (κ1) is 28.6. The lowest BCUT2D eigenvalue weighted by molar-refractivity contribution is -0.0858. The quantitative estimate of drug-likeness (QED) is 0.383. The normalized spacial score (nSPS) is 21.7. The average Bonchev–Trinajstić information content (AvgIpc) is 3.77. The maximum Gasteiger partial charge on any atom is 0.354 e. The molecule has 6 heterocycles. The van der Waals surface area contributed by atoms with E-state index < -0.39 is 11.6 Å². The largest absolute Gasteiger partial charge is 0.477 e. The van der Waals surface area contributed by atoms with Crippen LogP contribution in [-0.4, -0.2) is 92.9 Å². The highest BCUT2D eigenvalue weighted by atomic mass is 16.5. The molecular weight excluding hydrogens is 546 g/mol. The topological polar surface area (TPSA) is 116 Å². The second kappa shape index (κ2) is 12.0. The number of aromatic nitrogens is 4. The average molecular weight is 584 g/mol. The number of fused-ring (bicyclic) bond motifs is 1. The first-order valence-corrected chi connectivity index (χ1v) is 14.8. The Hall–Kier alpha value is -4.51. The van der Waals surface area contributed by atoms with Gasteiger partial charge in [-0.05, 0) is 49.4 Å². The van der Waals surface area contributed by atoms with Gasteiger partial charge in [0.25, 0.3) is 5.91 Å². The third-order valence-corrected chi connectivity index (χ3v) is 8.38. The number of carbonyl (C=O) groups is 2. The van der Waals surface area contributed by atoms with Crippen molar-refractivity contribution in [2.75, 3.05) is 55.7 Å². The first-order valence-electron chi connectivity index (χ1n) is 14.8. The monoisotopic (exact) mass is 583 g/mol. The van der Waals surface area contributed by atoms with Crippen LogP contribution in [0.2, 0.25) is 0 Å². The van der Waals surface area contributed by atoms with Crippen molar-refractivity contribution >= 4 is 29.0 Å². The first-order chi connectivity index (χ1) is 20.8. The van der Waals surface area contributed by atoms with E-state index in [1.54, 1.807) is 21.5 Å². The molecule has 224 valence electrons. The van der Waals surface area contributed by atoms with E-state index in [0.29, 0.717) is 56.6 Å². The Morgan fingerprint density at radius 1 is 0.977 bits per heavy atom. The number of benzene rings is 1. The number of carbonyl (C=O) groups excluding carboxylic acids is 1. The Morgan fingerprint density at radius 2 is 1.74 bits per heavy atom. The maximum absolute atomic E-state index is 13.5. The van der Waals surface area contributed by atoms with E-state index in [1.165, 1.54) is 12.5 Å². The third-order valence-electron chi connectivity index (χ3n) is 8.38. The molecule has 1 aromatic carbocycles. The number of anilines is 2. The number of hydrogen-bond donors (Lipinski definition) is 1. The molecule has 11 heteroatoms. The van der Waals surface area contributed by atoms with Gasteiger partial charge in [-0.1, -0.05) is 49.4 Å². The third kappa shape index (κ3) is 6.17. The van der Waals surface area contributed by atoms with E-state index in [9.17, 15) is 14.7 Å². The zero-order valence-corrected chi connectivity index (χ0v) is 24.6. The summed E-state index contributed by atoms with van der Waals surface area (Å²) in [7, 11) is 0. The number of aromatic carboxylic acids is 1. The molecule has 4 aromatic rings. The summed E-state index contributed by atoms with van der Waals surface area (Å²) in [5, 5.41) is 13.9. The van der Waals surface area contributed by atoms with Crippen LogP contribution >= 0.6 is 0 Å². The van der Waals surface area contributed by atoms with Gasteiger partial charge < -0.3 is 24.5 Å². The lowest BCUT2D eigenvalue weighted by Gasteiger charge is -2.40. The summed E-state index contributed by atoms with van der Waals surface area (Å²) in [6.07, 6.45) is 3.86. The lowest BCUT2D eigenvalue weighted by Crippen LogP contribution is -2.55. The Kier molecular flexibility index (Phi) is 7.98. The van der Waals surface area contributed by atoms with Crippen LogP contribution in [-0.2, 0) is 4.74 Å². The molecule has 0 saturated carbocycles. The predicted octanol–water partition coefficient (Wildman–Crippen LogP) is 3.79. The molecule has 3 aromatic heterocycles. The Morgan fingerprint density at radius 3 is 2.44 bits per heavy atom. The number of nitrogens with zero attached hydrogens (tertiary/aromatic N) is 7. The number of hydrogen-bond acceptors (Lipinski definition) is 8. The summed E-state index contributed by atoms with van der Waals surface area (Å²) in [6, 6.07) is 19.1. The molecule has 3 aliphatic heterocycles. The van der Waals surface area contributed by atoms with E-state index in [1.807, 2.05) is 54.4 Å². The summed E-state index contributed by atoms with van der Waals surface area (Å²) >= 11 is 0. The fraction of sp³-hybridized carbons (Fsp3) is 0.406. The molecule has 1 N–H and O–H groups in total. The standard InChI is InChI=1S/C26H31N7O4.C6H6/c1-17-6-8-30(13-17)19-12-18(2)23-28-22(29-33(23)14-19)24(34)32-10-11-37-26(16-32)7-9-31(15-26)21-5-3-4-20(27-21)25(35)36;1-2-4-6-5-3-1/h3-5,12,14,17H,6-11,13,15-16H2,1-2H3,(H,35,36);1-6H. The molecule has 43 heavy (non-hydrogen) atoms. The number of amides is 1. The lowest BCUT2D eigenvalue weighted by atomic mass is 10.0. The van der Waals surface area contributed by atoms with Crippen LogP contribution < -0.4 is 9.80 Å². The molecular formula is C32H37N7O4. The molecule has 3 saturated heterocycles. The van der Waals surface area contributed by atoms with Crippen LogP contribution in [0.3, 0.4) is 0 Å². The smallest absolute Gasteiger partial charge is 0.354 e. The van der Waals surface area contributed by atoms with E-state index in [2.05, 4.69) is 33.0 Å². The SMILES string of the molecule is Cc1cc(N2CCC(C)C2)cn2nc(C(=O)N3CCOC4(CCN(c5cccc(C(=O)O)n5)C4)C3)nc12.c1ccccc1. The van der Waals surface area contributed by atoms with E-state index in [0.717, 1.165) is 24.3 Å². The molecule has 0 bridgehead atoms. The summed E-state index contributed by atoms with van der Waals surface area (Å²) in [4.78, 5) is 39.9. The van der Waals surface area contributed by atoms with Gasteiger partial charge in [0.2, 0.25) is 5.82 Å². The highest BCUT2D eigenvalue weighted by molar-refractivity contribution is 5.91. The van der Waals surface area contributed by atoms with Gasteiger partial charge in [-0.15, -0.1) is 5.10 Å². The van der Waals surface area contributed by atoms with Crippen LogP contribution in [0.5, 0.6) is 0 Å². The van der Waals surface area contributed by atoms with Crippen molar-refractivity contribution in [2.24, 2.45) is 5.92 Å². The molecule has 11 nitrogen and oxygen atoms in total. The second-order valence-electron chi connectivity index (χ2n) is 11.7. The molecule has 2 unspecified atom stereocenters. The number of carboxylic acid groups (broad SMARTS) is 1. The van der Waals surface area contributed by atoms with Crippen LogP contribution in [0.4, 0.5) is 11.5 Å². The minimum atomic E-state index is -1.06. The summed E-state index contributed by atoms with van der Waals surface area (Å²) in [5.41, 5.74) is 2.26.